The molecule has 2 aliphatic rings. The zero-order valence-corrected chi connectivity index (χ0v) is 26.1. The Balaban J connectivity index is 1.26. The van der Waals surface area contributed by atoms with E-state index in [1.165, 1.54) is 10.9 Å². The number of para-hydroxylation sites is 1. The Bertz CT molecular complexity index is 1590. The van der Waals surface area contributed by atoms with Gasteiger partial charge < -0.3 is 19.1 Å². The second kappa shape index (κ2) is 13.6. The summed E-state index contributed by atoms with van der Waals surface area (Å²) in [6, 6.07) is 19.7. The van der Waals surface area contributed by atoms with Crippen LogP contribution in [0.5, 0.6) is 5.75 Å². The molecule has 2 aliphatic heterocycles. The lowest BCUT2D eigenvalue weighted by atomic mass is 9.75. The first-order valence-electron chi connectivity index (χ1n) is 15.7. The Morgan fingerprint density at radius 3 is 2.44 bits per heavy atom. The van der Waals surface area contributed by atoms with E-state index in [2.05, 4.69) is 32.5 Å². The summed E-state index contributed by atoms with van der Waals surface area (Å²) in [6.07, 6.45) is 5.04. The molecule has 4 aromatic rings. The zero-order valence-electron chi connectivity index (χ0n) is 26.1. The van der Waals surface area contributed by atoms with Crippen LogP contribution in [0.2, 0.25) is 0 Å². The van der Waals surface area contributed by atoms with Crippen molar-refractivity contribution in [2.45, 2.75) is 45.7 Å². The molecule has 0 aliphatic carbocycles. The van der Waals surface area contributed by atoms with E-state index in [9.17, 15) is 9.59 Å². The number of carbonyl (C=O) groups is 2. The van der Waals surface area contributed by atoms with Gasteiger partial charge in [-0.2, -0.15) is 0 Å². The smallest absolute Gasteiger partial charge is 0.273 e. The average Bonchev–Trinajstić information content (AvgIpc) is 3.69. The standard InChI is InChI=1S/C34H41N7O4/c1-26-21-28(36-45-26)24-39-16-8-13-34(14-17-40(18-15-34)33(43)30-22-35-37-38(30)2)25-44-31-12-7-6-11-29(31)32(42)41(20-19-39)23-27-9-4-3-5-10-27/h3-7,9-12,21-22H,8,13-20,23-25H2,1-2H3. The predicted octanol–water partition coefficient (Wildman–Crippen LogP) is 4.35. The number of piperidine rings is 1. The van der Waals surface area contributed by atoms with Crippen LogP contribution in [0.15, 0.2) is 71.4 Å². The van der Waals surface area contributed by atoms with Crippen molar-refractivity contribution in [1.82, 2.24) is 34.9 Å². The molecule has 45 heavy (non-hydrogen) atoms. The molecule has 0 atom stereocenters. The Kier molecular flexibility index (Phi) is 9.25. The van der Waals surface area contributed by atoms with Crippen LogP contribution in [0.4, 0.5) is 0 Å². The highest BCUT2D eigenvalue weighted by molar-refractivity contribution is 5.97. The molecular weight excluding hydrogens is 570 g/mol. The van der Waals surface area contributed by atoms with Crippen LogP contribution >= 0.6 is 0 Å². The lowest BCUT2D eigenvalue weighted by Crippen LogP contribution is -2.46. The summed E-state index contributed by atoms with van der Waals surface area (Å²) in [7, 11) is 1.74. The highest BCUT2D eigenvalue weighted by Crippen LogP contribution is 2.38. The topological polar surface area (TPSA) is 110 Å². The van der Waals surface area contributed by atoms with E-state index in [-0.39, 0.29) is 17.2 Å². The molecule has 0 unspecified atom stereocenters. The van der Waals surface area contributed by atoms with Crippen molar-refractivity contribution < 1.29 is 18.8 Å². The molecule has 1 fully saturated rings. The maximum absolute atomic E-state index is 14.2. The van der Waals surface area contributed by atoms with Gasteiger partial charge in [-0.1, -0.05) is 52.8 Å². The molecule has 6 rings (SSSR count). The number of rotatable bonds is 5. The summed E-state index contributed by atoms with van der Waals surface area (Å²) in [5.41, 5.74) is 2.89. The second-order valence-electron chi connectivity index (χ2n) is 12.3. The third-order valence-corrected chi connectivity index (χ3v) is 9.13. The molecule has 0 bridgehead atoms. The Morgan fingerprint density at radius 1 is 0.933 bits per heavy atom. The average molecular weight is 612 g/mol. The van der Waals surface area contributed by atoms with Crippen molar-refractivity contribution in [3.8, 4) is 5.75 Å². The number of nitrogens with zero attached hydrogens (tertiary/aromatic N) is 7. The maximum atomic E-state index is 14.2. The number of hydrogen-bond acceptors (Lipinski definition) is 8. The van der Waals surface area contributed by atoms with Gasteiger partial charge in [0.2, 0.25) is 0 Å². The Morgan fingerprint density at radius 2 is 1.71 bits per heavy atom. The van der Waals surface area contributed by atoms with Gasteiger partial charge in [-0.25, -0.2) is 4.68 Å². The lowest BCUT2D eigenvalue weighted by Gasteiger charge is -2.42. The van der Waals surface area contributed by atoms with E-state index >= 15 is 0 Å². The van der Waals surface area contributed by atoms with Gasteiger partial charge in [-0.3, -0.25) is 14.5 Å². The van der Waals surface area contributed by atoms with Gasteiger partial charge in [0.15, 0.2) is 0 Å². The van der Waals surface area contributed by atoms with Gasteiger partial charge in [0.05, 0.1) is 24.1 Å². The highest BCUT2D eigenvalue weighted by Gasteiger charge is 2.38. The Labute approximate surface area is 263 Å². The van der Waals surface area contributed by atoms with Crippen molar-refractivity contribution in [1.29, 1.82) is 0 Å². The van der Waals surface area contributed by atoms with Gasteiger partial charge >= 0.3 is 0 Å². The van der Waals surface area contributed by atoms with E-state index < -0.39 is 0 Å². The van der Waals surface area contributed by atoms with Crippen LogP contribution in [-0.2, 0) is 20.1 Å². The monoisotopic (exact) mass is 611 g/mol. The summed E-state index contributed by atoms with van der Waals surface area (Å²) in [5, 5.41) is 12.1. The molecule has 0 radical (unpaired) electrons. The summed E-state index contributed by atoms with van der Waals surface area (Å²) >= 11 is 0. The molecule has 236 valence electrons. The van der Waals surface area contributed by atoms with Gasteiger partial charge in [-0.15, -0.1) is 5.10 Å². The SMILES string of the molecule is Cc1cc(CN2CCCC3(CCN(C(=O)c4cnnn4C)CC3)COc3ccccc3C(=O)N(Cc3ccccc3)CC2)no1. The van der Waals surface area contributed by atoms with Crippen molar-refractivity contribution in [3.05, 3.63) is 95.1 Å². The first-order chi connectivity index (χ1) is 21.9. The fourth-order valence-corrected chi connectivity index (χ4v) is 6.45. The van der Waals surface area contributed by atoms with Gasteiger partial charge in [0.25, 0.3) is 11.8 Å². The van der Waals surface area contributed by atoms with Gasteiger partial charge in [0, 0.05) is 57.8 Å². The van der Waals surface area contributed by atoms with Crippen LogP contribution < -0.4 is 4.74 Å². The van der Waals surface area contributed by atoms with Crippen LogP contribution in [0, 0.1) is 12.3 Å². The van der Waals surface area contributed by atoms with Crippen LogP contribution in [-0.4, -0.2) is 86.0 Å². The summed E-state index contributed by atoms with van der Waals surface area (Å²) in [6.45, 7) is 6.88. The largest absolute Gasteiger partial charge is 0.492 e. The number of hydrogen-bond donors (Lipinski definition) is 0. The number of benzene rings is 2. The normalized spacial score (nSPS) is 18.0. The van der Waals surface area contributed by atoms with Crippen molar-refractivity contribution in [2.75, 3.05) is 39.3 Å². The molecule has 0 saturated carbocycles. The van der Waals surface area contributed by atoms with Crippen molar-refractivity contribution in [2.24, 2.45) is 12.5 Å². The first kappa shape index (κ1) is 30.5. The number of amides is 2. The van der Waals surface area contributed by atoms with Crippen LogP contribution in [0.25, 0.3) is 0 Å². The van der Waals surface area contributed by atoms with Crippen LogP contribution in [0.3, 0.4) is 0 Å². The van der Waals surface area contributed by atoms with E-state index in [1.807, 2.05) is 65.3 Å². The summed E-state index contributed by atoms with van der Waals surface area (Å²) in [4.78, 5) is 33.6. The molecule has 4 heterocycles. The fraction of sp³-hybridized carbons (Fsp3) is 0.441. The Hall–Kier alpha value is -4.51. The van der Waals surface area contributed by atoms with Gasteiger partial charge in [-0.05, 0) is 56.8 Å². The quantitative estimate of drug-likeness (QED) is 0.328. The van der Waals surface area contributed by atoms with E-state index in [0.29, 0.717) is 62.9 Å². The number of ether oxygens (including phenoxy) is 1. The summed E-state index contributed by atoms with van der Waals surface area (Å²) in [5.74, 6) is 1.29. The maximum Gasteiger partial charge on any atom is 0.273 e. The first-order valence-corrected chi connectivity index (χ1v) is 15.7. The molecule has 0 N–H and O–H groups in total. The predicted molar refractivity (Wildman–Crippen MR) is 167 cm³/mol. The number of fused-ring (bicyclic) bond motifs is 1. The fourth-order valence-electron chi connectivity index (χ4n) is 6.45. The minimum atomic E-state index is -0.133. The minimum Gasteiger partial charge on any atom is -0.492 e. The van der Waals surface area contributed by atoms with E-state index in [0.717, 1.165) is 49.2 Å². The number of aromatic nitrogens is 4. The molecule has 2 amide bonds. The van der Waals surface area contributed by atoms with Crippen molar-refractivity contribution >= 4 is 11.8 Å². The van der Waals surface area contributed by atoms with E-state index in [1.54, 1.807) is 7.05 Å². The lowest BCUT2D eigenvalue weighted by molar-refractivity contribution is 0.0342. The van der Waals surface area contributed by atoms with Crippen LogP contribution in [0.1, 0.15) is 63.5 Å². The second-order valence-corrected chi connectivity index (χ2v) is 12.3. The molecular formula is C34H41N7O4. The number of carbonyl (C=O) groups excluding carboxylic acids is 2. The van der Waals surface area contributed by atoms with Gasteiger partial charge in [0.1, 0.15) is 17.2 Å². The molecule has 11 heteroatoms. The molecule has 1 spiro atoms. The third kappa shape index (κ3) is 7.25. The van der Waals surface area contributed by atoms with E-state index in [4.69, 9.17) is 9.26 Å². The highest BCUT2D eigenvalue weighted by atomic mass is 16.5. The molecule has 11 nitrogen and oxygen atoms in total. The minimum absolute atomic E-state index is 0.0496. The molecule has 2 aromatic carbocycles. The molecule has 1 saturated heterocycles. The third-order valence-electron chi connectivity index (χ3n) is 9.13. The molecule has 2 aromatic heterocycles. The van der Waals surface area contributed by atoms with Crippen molar-refractivity contribution in [3.63, 3.8) is 0 Å². The number of aryl methyl sites for hydroxylation is 2. The zero-order chi connectivity index (χ0) is 31.2. The number of likely N-dealkylation sites (tertiary alicyclic amines) is 1. The summed E-state index contributed by atoms with van der Waals surface area (Å²) < 4.78 is 13.5.